The summed E-state index contributed by atoms with van der Waals surface area (Å²) in [5.74, 6) is 0.553. The van der Waals surface area contributed by atoms with Crippen molar-refractivity contribution >= 4 is 17.6 Å². The van der Waals surface area contributed by atoms with Crippen LogP contribution in [0.1, 0.15) is 37.0 Å². The first-order chi connectivity index (χ1) is 17.7. The summed E-state index contributed by atoms with van der Waals surface area (Å²) in [4.78, 5) is 27.7. The van der Waals surface area contributed by atoms with E-state index in [4.69, 9.17) is 9.97 Å². The lowest BCUT2D eigenvalue weighted by molar-refractivity contribution is -0.136. The molecule has 1 aliphatic heterocycles. The van der Waals surface area contributed by atoms with Gasteiger partial charge in [0.05, 0.1) is 6.42 Å². The number of aromatic nitrogens is 2. The Morgan fingerprint density at radius 2 is 1.78 bits per heavy atom. The van der Waals surface area contributed by atoms with E-state index in [0.717, 1.165) is 66.5 Å². The number of nitrogens with zero attached hydrogens (tertiary/aromatic N) is 5. The molecule has 0 bridgehead atoms. The van der Waals surface area contributed by atoms with Crippen molar-refractivity contribution in [2.24, 2.45) is 5.92 Å². The first-order valence-corrected chi connectivity index (χ1v) is 13.1. The molecular weight excluding hydrogens is 462 g/mol. The first-order valence-electron chi connectivity index (χ1n) is 13.1. The summed E-state index contributed by atoms with van der Waals surface area (Å²) in [6.07, 6.45) is 5.00. The molecule has 1 atom stereocenters. The fourth-order valence-corrected chi connectivity index (χ4v) is 5.23. The van der Waals surface area contributed by atoms with Crippen LogP contribution in [-0.2, 0) is 17.8 Å². The van der Waals surface area contributed by atoms with Crippen molar-refractivity contribution in [1.82, 2.24) is 14.9 Å². The molecule has 1 fully saturated rings. The third kappa shape index (κ3) is 7.07. The van der Waals surface area contributed by atoms with Crippen LogP contribution in [0.5, 0.6) is 0 Å². The van der Waals surface area contributed by atoms with Crippen LogP contribution in [0.25, 0.3) is 11.1 Å². The van der Waals surface area contributed by atoms with Crippen molar-refractivity contribution in [1.29, 1.82) is 0 Å². The normalized spacial score (nSPS) is 16.3. The van der Waals surface area contributed by atoms with Gasteiger partial charge in [0.1, 0.15) is 0 Å². The second-order valence-electron chi connectivity index (χ2n) is 10.8. The lowest BCUT2D eigenvalue weighted by atomic mass is 9.99. The van der Waals surface area contributed by atoms with Gasteiger partial charge in [-0.05, 0) is 48.1 Å². The Kier molecular flexibility index (Phi) is 8.44. The van der Waals surface area contributed by atoms with Gasteiger partial charge in [-0.15, -0.1) is 0 Å². The lowest BCUT2D eigenvalue weighted by Crippen LogP contribution is -2.54. The van der Waals surface area contributed by atoms with E-state index in [1.807, 2.05) is 45.5 Å². The summed E-state index contributed by atoms with van der Waals surface area (Å²) >= 11 is 0. The van der Waals surface area contributed by atoms with E-state index in [-0.39, 0.29) is 6.42 Å². The number of carboxylic acid groups (broad SMARTS) is 1. The van der Waals surface area contributed by atoms with Crippen molar-refractivity contribution in [2.75, 3.05) is 43.5 Å². The molecule has 1 saturated heterocycles. The van der Waals surface area contributed by atoms with Crippen LogP contribution in [0, 0.1) is 12.8 Å². The van der Waals surface area contributed by atoms with Gasteiger partial charge in [0, 0.05) is 70.0 Å². The van der Waals surface area contributed by atoms with E-state index in [9.17, 15) is 9.90 Å². The Bertz CT molecular complexity index is 1210. The highest BCUT2D eigenvalue weighted by atomic mass is 16.4. The number of carbonyl (C=O) groups is 1. The third-order valence-corrected chi connectivity index (χ3v) is 6.86. The average molecular weight is 502 g/mol. The van der Waals surface area contributed by atoms with Gasteiger partial charge in [-0.3, -0.25) is 9.69 Å². The summed E-state index contributed by atoms with van der Waals surface area (Å²) in [6, 6.07) is 14.9. The standard InChI is InChI=1S/C30H39N5O2/c1-21(2)11-28-20-34(19-24-13-22(3)12-23(14-24)15-29(36)37)9-10-35(28)30-31-17-26(18-32-30)25-7-6-8-27(16-25)33(4)5/h6-8,12-14,16-18,21,28H,9-11,15,19-20H2,1-5H3,(H,36,37)/t28-/m1/s1. The molecule has 196 valence electrons. The molecule has 1 aliphatic rings. The number of carboxylic acids is 1. The zero-order valence-corrected chi connectivity index (χ0v) is 22.7. The number of anilines is 2. The average Bonchev–Trinajstić information content (AvgIpc) is 2.83. The molecule has 1 aromatic heterocycles. The van der Waals surface area contributed by atoms with Crippen LogP contribution in [0.15, 0.2) is 54.9 Å². The molecule has 0 spiro atoms. The van der Waals surface area contributed by atoms with Gasteiger partial charge in [0.2, 0.25) is 5.95 Å². The summed E-state index contributed by atoms with van der Waals surface area (Å²) in [7, 11) is 4.09. The number of piperazine rings is 1. The molecule has 2 heterocycles. The van der Waals surface area contributed by atoms with Crippen LogP contribution < -0.4 is 9.80 Å². The summed E-state index contributed by atoms with van der Waals surface area (Å²) < 4.78 is 0. The number of aliphatic carboxylic acids is 1. The van der Waals surface area contributed by atoms with E-state index in [0.29, 0.717) is 12.0 Å². The SMILES string of the molecule is Cc1cc(CC(=O)O)cc(CN2CCN(c3ncc(-c4cccc(N(C)C)c4)cn3)[C@H](CC(C)C)C2)c1. The topological polar surface area (TPSA) is 72.8 Å². The molecule has 7 nitrogen and oxygen atoms in total. The van der Waals surface area contributed by atoms with Gasteiger partial charge < -0.3 is 14.9 Å². The second kappa shape index (κ2) is 11.7. The first kappa shape index (κ1) is 26.6. The largest absolute Gasteiger partial charge is 0.481 e. The molecule has 0 unspecified atom stereocenters. The van der Waals surface area contributed by atoms with Crippen molar-refractivity contribution in [2.45, 2.75) is 46.2 Å². The quantitative estimate of drug-likeness (QED) is 0.448. The highest BCUT2D eigenvalue weighted by Gasteiger charge is 2.29. The van der Waals surface area contributed by atoms with Gasteiger partial charge in [-0.25, -0.2) is 9.97 Å². The van der Waals surface area contributed by atoms with Gasteiger partial charge in [0.25, 0.3) is 0 Å². The maximum Gasteiger partial charge on any atom is 0.307 e. The van der Waals surface area contributed by atoms with Crippen LogP contribution in [0.3, 0.4) is 0 Å². The zero-order chi connectivity index (χ0) is 26.5. The van der Waals surface area contributed by atoms with Gasteiger partial charge >= 0.3 is 5.97 Å². The number of hydrogen-bond acceptors (Lipinski definition) is 6. The summed E-state index contributed by atoms with van der Waals surface area (Å²) in [6.45, 7) is 10.1. The highest BCUT2D eigenvalue weighted by Crippen LogP contribution is 2.26. The maximum atomic E-state index is 11.2. The fraction of sp³-hybridized carbons (Fsp3) is 0.433. The van der Waals surface area contributed by atoms with Crippen molar-refractivity contribution in [3.63, 3.8) is 0 Å². The molecular formula is C30H39N5O2. The van der Waals surface area contributed by atoms with Crippen LogP contribution in [0.4, 0.5) is 11.6 Å². The number of rotatable bonds is 9. The minimum atomic E-state index is -0.793. The molecule has 0 radical (unpaired) electrons. The molecule has 0 amide bonds. The third-order valence-electron chi connectivity index (χ3n) is 6.86. The molecule has 37 heavy (non-hydrogen) atoms. The summed E-state index contributed by atoms with van der Waals surface area (Å²) in [5.41, 5.74) is 6.43. The molecule has 4 rings (SSSR count). The predicted molar refractivity (Wildman–Crippen MR) is 150 cm³/mol. The van der Waals surface area contributed by atoms with Crippen LogP contribution in [0.2, 0.25) is 0 Å². The molecule has 7 heteroatoms. The number of hydrogen-bond donors (Lipinski definition) is 1. The van der Waals surface area contributed by atoms with Crippen LogP contribution in [-0.4, -0.2) is 65.7 Å². The molecule has 0 saturated carbocycles. The fourth-order valence-electron chi connectivity index (χ4n) is 5.23. The second-order valence-corrected chi connectivity index (χ2v) is 10.8. The number of aryl methyl sites for hydroxylation is 1. The Labute approximate surface area is 220 Å². The van der Waals surface area contributed by atoms with Gasteiger partial charge in [0.15, 0.2) is 0 Å². The molecule has 2 aromatic carbocycles. The Morgan fingerprint density at radius 3 is 2.46 bits per heavy atom. The van der Waals surface area contributed by atoms with Crippen molar-refractivity contribution in [3.8, 4) is 11.1 Å². The van der Waals surface area contributed by atoms with Crippen molar-refractivity contribution in [3.05, 3.63) is 71.5 Å². The zero-order valence-electron chi connectivity index (χ0n) is 22.7. The van der Waals surface area contributed by atoms with Crippen molar-refractivity contribution < 1.29 is 9.90 Å². The molecule has 3 aromatic rings. The Balaban J connectivity index is 1.49. The monoisotopic (exact) mass is 501 g/mol. The lowest BCUT2D eigenvalue weighted by Gasteiger charge is -2.42. The van der Waals surface area contributed by atoms with Gasteiger partial charge in [-0.1, -0.05) is 49.7 Å². The maximum absolute atomic E-state index is 11.2. The molecule has 0 aliphatic carbocycles. The Hall–Kier alpha value is -3.45. The summed E-state index contributed by atoms with van der Waals surface area (Å²) in [5, 5.41) is 9.21. The van der Waals surface area contributed by atoms with Gasteiger partial charge in [-0.2, -0.15) is 0 Å². The van der Waals surface area contributed by atoms with E-state index < -0.39 is 5.97 Å². The van der Waals surface area contributed by atoms with Crippen LogP contribution >= 0.6 is 0 Å². The smallest absolute Gasteiger partial charge is 0.307 e. The molecule has 1 N–H and O–H groups in total. The minimum absolute atomic E-state index is 0.0607. The van der Waals surface area contributed by atoms with E-state index in [1.165, 1.54) is 5.56 Å². The van der Waals surface area contributed by atoms with E-state index >= 15 is 0 Å². The van der Waals surface area contributed by atoms with E-state index in [2.05, 4.69) is 58.9 Å². The highest BCUT2D eigenvalue weighted by molar-refractivity contribution is 5.70. The van der Waals surface area contributed by atoms with E-state index in [1.54, 1.807) is 0 Å². The predicted octanol–water partition coefficient (Wildman–Crippen LogP) is 4.88. The minimum Gasteiger partial charge on any atom is -0.481 e. The number of benzene rings is 2. The Morgan fingerprint density at radius 1 is 1.05 bits per heavy atom.